The minimum Gasteiger partial charge on any atom is -0.497 e. The second-order valence-corrected chi connectivity index (χ2v) is 7.34. The lowest BCUT2D eigenvalue weighted by molar-refractivity contribution is -0.136. The minimum atomic E-state index is -0.780. The highest BCUT2D eigenvalue weighted by molar-refractivity contribution is 6.39. The lowest BCUT2D eigenvalue weighted by Crippen LogP contribution is -2.44. The van der Waals surface area contributed by atoms with Crippen molar-refractivity contribution in [1.82, 2.24) is 10.2 Å². The van der Waals surface area contributed by atoms with E-state index in [4.69, 9.17) is 14.2 Å². The molecule has 170 valence electrons. The quantitative estimate of drug-likeness (QED) is 0.668. The van der Waals surface area contributed by atoms with Crippen LogP contribution in [0.4, 0.5) is 10.5 Å². The average molecular weight is 441 g/mol. The van der Waals surface area contributed by atoms with Crippen LogP contribution in [0.3, 0.4) is 0 Å². The number of amides is 3. The lowest BCUT2D eigenvalue weighted by Gasteiger charge is -2.31. The molecule has 0 bridgehead atoms. The van der Waals surface area contributed by atoms with Crippen LogP contribution in [0.1, 0.15) is 12.8 Å². The number of carbonyl (C=O) groups is 3. The van der Waals surface area contributed by atoms with E-state index in [2.05, 4.69) is 10.6 Å². The smallest absolute Gasteiger partial charge is 0.415 e. The Labute approximate surface area is 186 Å². The molecule has 0 atom stereocenters. The molecule has 0 aliphatic carbocycles. The number of hydrogen-bond acceptors (Lipinski definition) is 6. The summed E-state index contributed by atoms with van der Waals surface area (Å²) in [5.41, 5.74) is 0.374. The van der Waals surface area contributed by atoms with E-state index in [0.717, 1.165) is 0 Å². The van der Waals surface area contributed by atoms with Crippen molar-refractivity contribution in [3.63, 3.8) is 0 Å². The minimum absolute atomic E-state index is 0.169. The topological polar surface area (TPSA) is 106 Å². The van der Waals surface area contributed by atoms with Crippen LogP contribution < -0.4 is 24.8 Å². The molecule has 3 amide bonds. The highest BCUT2D eigenvalue weighted by Gasteiger charge is 2.25. The summed E-state index contributed by atoms with van der Waals surface area (Å²) in [4.78, 5) is 38.4. The first-order valence-electron chi connectivity index (χ1n) is 10.3. The van der Waals surface area contributed by atoms with Gasteiger partial charge in [-0.2, -0.15) is 0 Å². The molecule has 0 unspecified atom stereocenters. The molecule has 1 heterocycles. The van der Waals surface area contributed by atoms with Gasteiger partial charge in [0.25, 0.3) is 0 Å². The summed E-state index contributed by atoms with van der Waals surface area (Å²) >= 11 is 0. The predicted molar refractivity (Wildman–Crippen MR) is 118 cm³/mol. The summed E-state index contributed by atoms with van der Waals surface area (Å²) < 4.78 is 15.7. The molecule has 1 fully saturated rings. The highest BCUT2D eigenvalue weighted by Crippen LogP contribution is 2.29. The van der Waals surface area contributed by atoms with Gasteiger partial charge >= 0.3 is 17.9 Å². The zero-order valence-electron chi connectivity index (χ0n) is 18.1. The van der Waals surface area contributed by atoms with Crippen molar-refractivity contribution in [2.45, 2.75) is 12.8 Å². The Balaban J connectivity index is 1.42. The molecule has 0 spiro atoms. The third-order valence-corrected chi connectivity index (χ3v) is 5.24. The molecule has 0 aromatic heterocycles. The molecule has 9 heteroatoms. The molecule has 0 saturated carbocycles. The maximum absolute atomic E-state index is 12.3. The summed E-state index contributed by atoms with van der Waals surface area (Å²) in [7, 11) is 2.99. The second-order valence-electron chi connectivity index (χ2n) is 7.34. The Morgan fingerprint density at radius 1 is 0.938 bits per heavy atom. The van der Waals surface area contributed by atoms with Crippen molar-refractivity contribution in [3.8, 4) is 17.2 Å². The number of carbonyl (C=O) groups excluding carboxylic acids is 3. The van der Waals surface area contributed by atoms with Gasteiger partial charge in [0.15, 0.2) is 0 Å². The SMILES string of the molecule is COc1ccc(NC(=O)C(=O)NCC2CCN(C(=O)Oc3ccccc3)CC2)c(OC)c1. The Morgan fingerprint density at radius 2 is 1.66 bits per heavy atom. The van der Waals surface area contributed by atoms with Gasteiger partial charge < -0.3 is 29.7 Å². The summed E-state index contributed by atoms with van der Waals surface area (Å²) in [6.45, 7) is 1.41. The molecule has 9 nitrogen and oxygen atoms in total. The molecule has 2 N–H and O–H groups in total. The van der Waals surface area contributed by atoms with Gasteiger partial charge in [-0.1, -0.05) is 18.2 Å². The number of ether oxygens (including phenoxy) is 3. The van der Waals surface area contributed by atoms with Crippen LogP contribution in [0, 0.1) is 5.92 Å². The van der Waals surface area contributed by atoms with Gasteiger partial charge in [0.2, 0.25) is 0 Å². The third-order valence-electron chi connectivity index (χ3n) is 5.24. The number of rotatable bonds is 6. The van der Waals surface area contributed by atoms with E-state index in [0.29, 0.717) is 55.4 Å². The molecule has 1 aliphatic rings. The summed E-state index contributed by atoms with van der Waals surface area (Å²) in [6.07, 6.45) is 1.03. The number of hydrogen-bond donors (Lipinski definition) is 2. The number of nitrogens with zero attached hydrogens (tertiary/aromatic N) is 1. The predicted octanol–water partition coefficient (Wildman–Crippen LogP) is 2.67. The normalized spacial score (nSPS) is 13.8. The molecule has 2 aromatic rings. The van der Waals surface area contributed by atoms with Gasteiger partial charge in [-0.05, 0) is 43.0 Å². The van der Waals surface area contributed by atoms with Crippen molar-refractivity contribution in [3.05, 3.63) is 48.5 Å². The standard InChI is InChI=1S/C23H27N3O6/c1-30-18-8-9-19(20(14-18)31-2)25-22(28)21(27)24-15-16-10-12-26(13-11-16)23(29)32-17-6-4-3-5-7-17/h3-9,14,16H,10-13,15H2,1-2H3,(H,24,27)(H,25,28). The fraction of sp³-hybridized carbons (Fsp3) is 0.348. The zero-order valence-corrected chi connectivity index (χ0v) is 18.1. The average Bonchev–Trinajstić information content (AvgIpc) is 2.83. The number of likely N-dealkylation sites (tertiary alicyclic amines) is 1. The Hall–Kier alpha value is -3.75. The van der Waals surface area contributed by atoms with Crippen molar-refractivity contribution in [2.24, 2.45) is 5.92 Å². The number of nitrogens with one attached hydrogen (secondary N) is 2. The fourth-order valence-corrected chi connectivity index (χ4v) is 3.37. The Kier molecular flexibility index (Phi) is 7.91. The van der Waals surface area contributed by atoms with E-state index in [1.165, 1.54) is 14.2 Å². The summed E-state index contributed by atoms with van der Waals surface area (Å²) in [5, 5.41) is 5.21. The van der Waals surface area contributed by atoms with E-state index in [-0.39, 0.29) is 12.0 Å². The molecule has 2 aromatic carbocycles. The first-order valence-corrected chi connectivity index (χ1v) is 10.3. The summed E-state index contributed by atoms with van der Waals surface area (Å²) in [6, 6.07) is 13.8. The molecule has 0 radical (unpaired) electrons. The number of anilines is 1. The summed E-state index contributed by atoms with van der Waals surface area (Å²) in [5.74, 6) is 0.129. The van der Waals surface area contributed by atoms with Crippen LogP contribution >= 0.6 is 0 Å². The van der Waals surface area contributed by atoms with E-state index in [1.54, 1.807) is 47.4 Å². The van der Waals surface area contributed by atoms with Gasteiger partial charge in [-0.15, -0.1) is 0 Å². The van der Waals surface area contributed by atoms with Gasteiger partial charge in [0, 0.05) is 25.7 Å². The van der Waals surface area contributed by atoms with Crippen LogP contribution in [-0.2, 0) is 9.59 Å². The van der Waals surface area contributed by atoms with Gasteiger partial charge in [0.05, 0.1) is 19.9 Å². The van der Waals surface area contributed by atoms with E-state index < -0.39 is 11.8 Å². The largest absolute Gasteiger partial charge is 0.497 e. The van der Waals surface area contributed by atoms with Crippen molar-refractivity contribution in [1.29, 1.82) is 0 Å². The van der Waals surface area contributed by atoms with Gasteiger partial charge in [0.1, 0.15) is 17.2 Å². The lowest BCUT2D eigenvalue weighted by atomic mass is 9.97. The van der Waals surface area contributed by atoms with Crippen molar-refractivity contribution < 1.29 is 28.6 Å². The monoisotopic (exact) mass is 441 g/mol. The maximum Gasteiger partial charge on any atom is 0.415 e. The molecule has 1 aliphatic heterocycles. The van der Waals surface area contributed by atoms with Gasteiger partial charge in [-0.3, -0.25) is 9.59 Å². The van der Waals surface area contributed by atoms with Crippen LogP contribution in [-0.4, -0.2) is 56.7 Å². The first-order chi connectivity index (χ1) is 15.5. The molecule has 1 saturated heterocycles. The number of piperidine rings is 1. The first kappa shape index (κ1) is 22.9. The van der Waals surface area contributed by atoms with E-state index >= 15 is 0 Å². The molecule has 32 heavy (non-hydrogen) atoms. The zero-order chi connectivity index (χ0) is 22.9. The van der Waals surface area contributed by atoms with E-state index in [9.17, 15) is 14.4 Å². The molecule has 3 rings (SSSR count). The third kappa shape index (κ3) is 6.13. The van der Waals surface area contributed by atoms with Crippen LogP contribution in [0.5, 0.6) is 17.2 Å². The maximum atomic E-state index is 12.3. The van der Waals surface area contributed by atoms with Crippen LogP contribution in [0.2, 0.25) is 0 Å². The van der Waals surface area contributed by atoms with Crippen LogP contribution in [0.15, 0.2) is 48.5 Å². The van der Waals surface area contributed by atoms with Crippen molar-refractivity contribution >= 4 is 23.6 Å². The second kappa shape index (κ2) is 11.0. The van der Waals surface area contributed by atoms with Crippen molar-refractivity contribution in [2.75, 3.05) is 39.2 Å². The number of benzene rings is 2. The molecular weight excluding hydrogens is 414 g/mol. The van der Waals surface area contributed by atoms with Gasteiger partial charge in [-0.25, -0.2) is 4.79 Å². The Bertz CT molecular complexity index is 942. The van der Waals surface area contributed by atoms with E-state index in [1.807, 2.05) is 6.07 Å². The highest BCUT2D eigenvalue weighted by atomic mass is 16.6. The number of para-hydroxylation sites is 1. The van der Waals surface area contributed by atoms with Crippen LogP contribution in [0.25, 0.3) is 0 Å². The molecular formula is C23H27N3O6. The Morgan fingerprint density at radius 3 is 2.31 bits per heavy atom. The number of methoxy groups -OCH3 is 2. The fourth-order valence-electron chi connectivity index (χ4n) is 3.37.